The molecule has 5 heteroatoms. The predicted molar refractivity (Wildman–Crippen MR) is 62.0 cm³/mol. The van der Waals surface area contributed by atoms with Crippen LogP contribution >= 0.6 is 11.6 Å². The number of amides is 2. The summed E-state index contributed by atoms with van der Waals surface area (Å²) in [7, 11) is 0. The number of imide groups is 1. The summed E-state index contributed by atoms with van der Waals surface area (Å²) < 4.78 is 0. The van der Waals surface area contributed by atoms with Gasteiger partial charge in [-0.1, -0.05) is 6.07 Å². The van der Waals surface area contributed by atoms with Gasteiger partial charge in [0.1, 0.15) is 0 Å². The molecule has 1 N–H and O–H groups in total. The summed E-state index contributed by atoms with van der Waals surface area (Å²) in [5.41, 5.74) is 1.74. The van der Waals surface area contributed by atoms with Crippen molar-refractivity contribution in [3.8, 4) is 0 Å². The van der Waals surface area contributed by atoms with Crippen LogP contribution in [-0.2, 0) is 11.2 Å². The molecule has 1 aliphatic rings. The molecule has 1 heterocycles. The average Bonchev–Trinajstić information content (AvgIpc) is 2.54. The number of carbonyl (C=O) groups excluding carboxylic acids is 3. The van der Waals surface area contributed by atoms with Gasteiger partial charge in [0.2, 0.25) is 5.24 Å². The Morgan fingerprint density at radius 3 is 2.59 bits per heavy atom. The maximum absolute atomic E-state index is 11.4. The standard InChI is InChI=1S/C12H10ClNO3/c13-10(15)3-1-2-7-4-5-8-9(6-7)12(17)14-11(8)16/h4-6H,1-3H2,(H,14,16,17). The second-order valence-electron chi connectivity index (χ2n) is 3.87. The van der Waals surface area contributed by atoms with Crippen LogP contribution in [0.5, 0.6) is 0 Å². The van der Waals surface area contributed by atoms with Crippen molar-refractivity contribution in [3.05, 3.63) is 34.9 Å². The topological polar surface area (TPSA) is 63.2 Å². The van der Waals surface area contributed by atoms with E-state index in [-0.39, 0.29) is 17.1 Å². The number of rotatable bonds is 4. The van der Waals surface area contributed by atoms with Gasteiger partial charge in [0.15, 0.2) is 0 Å². The van der Waals surface area contributed by atoms with E-state index in [9.17, 15) is 14.4 Å². The number of carbonyl (C=O) groups is 3. The van der Waals surface area contributed by atoms with Crippen LogP contribution in [0.2, 0.25) is 0 Å². The van der Waals surface area contributed by atoms with Crippen molar-refractivity contribution < 1.29 is 14.4 Å². The molecule has 2 rings (SSSR count). The number of halogens is 1. The fourth-order valence-corrected chi connectivity index (χ4v) is 1.94. The van der Waals surface area contributed by atoms with Gasteiger partial charge in [-0.05, 0) is 42.1 Å². The van der Waals surface area contributed by atoms with Crippen LogP contribution in [0, 0.1) is 0 Å². The molecule has 1 aliphatic heterocycles. The summed E-state index contributed by atoms with van der Waals surface area (Å²) in [6, 6.07) is 5.11. The highest BCUT2D eigenvalue weighted by Gasteiger charge is 2.26. The average molecular weight is 252 g/mol. The zero-order valence-corrected chi connectivity index (χ0v) is 9.71. The third-order valence-electron chi connectivity index (χ3n) is 2.64. The Morgan fingerprint density at radius 2 is 1.88 bits per heavy atom. The Bertz CT molecular complexity index is 510. The summed E-state index contributed by atoms with van der Waals surface area (Å²) in [6.45, 7) is 0. The van der Waals surface area contributed by atoms with Gasteiger partial charge >= 0.3 is 0 Å². The van der Waals surface area contributed by atoms with E-state index in [1.54, 1.807) is 18.2 Å². The van der Waals surface area contributed by atoms with Crippen molar-refractivity contribution in [2.75, 3.05) is 0 Å². The van der Waals surface area contributed by atoms with Crippen LogP contribution < -0.4 is 5.32 Å². The largest absolute Gasteiger partial charge is 0.288 e. The van der Waals surface area contributed by atoms with Crippen LogP contribution in [0.1, 0.15) is 39.1 Å². The normalized spacial score (nSPS) is 13.5. The lowest BCUT2D eigenvalue weighted by atomic mass is 10.0. The minimum atomic E-state index is -0.362. The van der Waals surface area contributed by atoms with Gasteiger partial charge in [-0.3, -0.25) is 19.7 Å². The molecule has 0 unspecified atom stereocenters. The molecular formula is C12H10ClNO3. The molecule has 0 saturated carbocycles. The van der Waals surface area contributed by atoms with E-state index in [0.29, 0.717) is 30.4 Å². The first-order valence-electron chi connectivity index (χ1n) is 5.25. The highest BCUT2D eigenvalue weighted by Crippen LogP contribution is 2.18. The zero-order chi connectivity index (χ0) is 12.4. The van der Waals surface area contributed by atoms with Crippen LogP contribution in [0.4, 0.5) is 0 Å². The Balaban J connectivity index is 2.12. The molecule has 0 radical (unpaired) electrons. The van der Waals surface area contributed by atoms with E-state index in [1.807, 2.05) is 0 Å². The molecule has 4 nitrogen and oxygen atoms in total. The van der Waals surface area contributed by atoms with E-state index in [1.165, 1.54) is 0 Å². The van der Waals surface area contributed by atoms with E-state index in [4.69, 9.17) is 11.6 Å². The van der Waals surface area contributed by atoms with Crippen molar-refractivity contribution in [3.63, 3.8) is 0 Å². The molecule has 0 spiro atoms. The molecule has 2 amide bonds. The van der Waals surface area contributed by atoms with E-state index >= 15 is 0 Å². The first-order chi connectivity index (χ1) is 8.08. The van der Waals surface area contributed by atoms with Crippen LogP contribution in [0.15, 0.2) is 18.2 Å². The molecule has 0 aliphatic carbocycles. The first kappa shape index (κ1) is 11.8. The van der Waals surface area contributed by atoms with E-state index in [0.717, 1.165) is 5.56 Å². The quantitative estimate of drug-likeness (QED) is 0.654. The van der Waals surface area contributed by atoms with E-state index < -0.39 is 0 Å². The van der Waals surface area contributed by atoms with Gasteiger partial charge in [-0.25, -0.2) is 0 Å². The first-order valence-corrected chi connectivity index (χ1v) is 5.62. The van der Waals surface area contributed by atoms with E-state index in [2.05, 4.69) is 5.32 Å². The minimum absolute atomic E-state index is 0.309. The molecule has 0 saturated heterocycles. The summed E-state index contributed by atoms with van der Waals surface area (Å²) in [5.74, 6) is -0.715. The summed E-state index contributed by atoms with van der Waals surface area (Å²) in [6.07, 6.45) is 1.60. The molecule has 0 atom stereocenters. The molecule has 17 heavy (non-hydrogen) atoms. The highest BCUT2D eigenvalue weighted by molar-refractivity contribution is 6.63. The summed E-state index contributed by atoms with van der Waals surface area (Å²) in [5, 5.41) is 1.87. The van der Waals surface area contributed by atoms with Crippen molar-refractivity contribution in [1.82, 2.24) is 5.32 Å². The van der Waals surface area contributed by atoms with Gasteiger partial charge < -0.3 is 0 Å². The third kappa shape index (κ3) is 2.53. The number of fused-ring (bicyclic) bond motifs is 1. The fraction of sp³-hybridized carbons (Fsp3) is 0.250. The molecule has 1 aromatic carbocycles. The number of hydrogen-bond donors (Lipinski definition) is 1. The van der Waals surface area contributed by atoms with Crippen molar-refractivity contribution in [2.45, 2.75) is 19.3 Å². The Hall–Kier alpha value is -1.68. The molecule has 0 bridgehead atoms. The Labute approximate surface area is 103 Å². The van der Waals surface area contributed by atoms with Gasteiger partial charge in [0, 0.05) is 6.42 Å². The second-order valence-corrected chi connectivity index (χ2v) is 4.29. The maximum atomic E-state index is 11.4. The molecule has 1 aromatic rings. The third-order valence-corrected chi connectivity index (χ3v) is 2.83. The zero-order valence-electron chi connectivity index (χ0n) is 8.96. The molecular weight excluding hydrogens is 242 g/mol. The molecule has 0 aromatic heterocycles. The molecule has 88 valence electrons. The summed E-state index contributed by atoms with van der Waals surface area (Å²) >= 11 is 5.23. The number of hydrogen-bond acceptors (Lipinski definition) is 3. The maximum Gasteiger partial charge on any atom is 0.258 e. The van der Waals surface area contributed by atoms with Crippen LogP contribution in [-0.4, -0.2) is 17.1 Å². The SMILES string of the molecule is O=C(Cl)CCCc1ccc2c(c1)C(=O)NC2=O. The van der Waals surface area contributed by atoms with Crippen molar-refractivity contribution in [2.24, 2.45) is 0 Å². The molecule has 0 fully saturated rings. The lowest BCUT2D eigenvalue weighted by molar-refractivity contribution is -0.111. The Kier molecular flexibility index (Phi) is 3.24. The number of nitrogens with one attached hydrogen (secondary N) is 1. The van der Waals surface area contributed by atoms with Crippen molar-refractivity contribution in [1.29, 1.82) is 0 Å². The van der Waals surface area contributed by atoms with Crippen molar-refractivity contribution >= 4 is 28.7 Å². The minimum Gasteiger partial charge on any atom is -0.288 e. The van der Waals surface area contributed by atoms with Gasteiger partial charge in [0.25, 0.3) is 11.8 Å². The Morgan fingerprint density at radius 1 is 1.18 bits per heavy atom. The van der Waals surface area contributed by atoms with Crippen LogP contribution in [0.3, 0.4) is 0 Å². The highest BCUT2D eigenvalue weighted by atomic mass is 35.5. The second kappa shape index (κ2) is 4.67. The van der Waals surface area contributed by atoms with Gasteiger partial charge in [-0.15, -0.1) is 0 Å². The lowest BCUT2D eigenvalue weighted by Crippen LogP contribution is -2.19. The predicted octanol–water partition coefficient (Wildman–Crippen LogP) is 1.66. The number of benzene rings is 1. The van der Waals surface area contributed by atoms with Crippen LogP contribution in [0.25, 0.3) is 0 Å². The summed E-state index contributed by atoms with van der Waals surface area (Å²) in [4.78, 5) is 33.3. The van der Waals surface area contributed by atoms with Gasteiger partial charge in [0.05, 0.1) is 11.1 Å². The monoisotopic (exact) mass is 251 g/mol. The van der Waals surface area contributed by atoms with Gasteiger partial charge in [-0.2, -0.15) is 0 Å². The number of aryl methyl sites for hydroxylation is 1. The smallest absolute Gasteiger partial charge is 0.258 e. The lowest BCUT2D eigenvalue weighted by Gasteiger charge is -2.01. The fourth-order valence-electron chi connectivity index (χ4n) is 1.80.